The van der Waals surface area contributed by atoms with E-state index in [1.807, 2.05) is 6.92 Å². The number of rotatable bonds is 7. The van der Waals surface area contributed by atoms with Crippen LogP contribution < -0.4 is 0 Å². The molecule has 0 bridgehead atoms. The number of terminal acetylenes is 1. The molecule has 8 heteroatoms. The molecule has 1 unspecified atom stereocenters. The maximum atomic E-state index is 12.5. The van der Waals surface area contributed by atoms with Crippen LogP contribution in [0.15, 0.2) is 0 Å². The molecule has 0 amide bonds. The van der Waals surface area contributed by atoms with Crippen molar-refractivity contribution < 1.29 is 16.8 Å². The molecule has 0 spiro atoms. The Balaban J connectivity index is 2.93. The molecule has 1 saturated heterocycles. The summed E-state index contributed by atoms with van der Waals surface area (Å²) in [5.74, 6) is 2.19. The normalized spacial score (nSPS) is 22.2. The Morgan fingerprint density at radius 1 is 1.40 bits per heavy atom. The van der Waals surface area contributed by atoms with Crippen LogP contribution in [0, 0.1) is 12.3 Å². The highest BCUT2D eigenvalue weighted by Crippen LogP contribution is 2.21. The SMILES string of the molecule is C#CCN(C1CCS(=O)(=O)C1)S(=O)(=O)N(C)CCCC. The van der Waals surface area contributed by atoms with E-state index in [-0.39, 0.29) is 18.1 Å². The van der Waals surface area contributed by atoms with Crippen LogP contribution in [0.3, 0.4) is 0 Å². The van der Waals surface area contributed by atoms with E-state index in [9.17, 15) is 16.8 Å². The van der Waals surface area contributed by atoms with Crippen LogP contribution in [0.4, 0.5) is 0 Å². The average Bonchev–Trinajstić information content (AvgIpc) is 2.72. The van der Waals surface area contributed by atoms with Crippen LogP contribution in [0.25, 0.3) is 0 Å². The molecule has 116 valence electrons. The van der Waals surface area contributed by atoms with Gasteiger partial charge in [0.25, 0.3) is 10.2 Å². The molecule has 1 aliphatic heterocycles. The smallest absolute Gasteiger partial charge is 0.229 e. The summed E-state index contributed by atoms with van der Waals surface area (Å²) in [6, 6.07) is -0.551. The van der Waals surface area contributed by atoms with Crippen molar-refractivity contribution in [2.24, 2.45) is 0 Å². The van der Waals surface area contributed by atoms with Gasteiger partial charge < -0.3 is 0 Å². The van der Waals surface area contributed by atoms with Crippen molar-refractivity contribution >= 4 is 20.0 Å². The molecule has 0 aromatic rings. The summed E-state index contributed by atoms with van der Waals surface area (Å²) in [5.41, 5.74) is 0. The minimum Gasteiger partial charge on any atom is -0.229 e. The van der Waals surface area contributed by atoms with Crippen molar-refractivity contribution in [3.8, 4) is 12.3 Å². The van der Waals surface area contributed by atoms with Gasteiger partial charge in [-0.15, -0.1) is 6.42 Å². The lowest BCUT2D eigenvalue weighted by molar-refractivity contribution is 0.329. The minimum absolute atomic E-state index is 0.0208. The largest absolute Gasteiger partial charge is 0.282 e. The molecule has 1 rings (SSSR count). The maximum Gasteiger partial charge on any atom is 0.282 e. The molecule has 0 aromatic carbocycles. The zero-order valence-electron chi connectivity index (χ0n) is 11.9. The maximum absolute atomic E-state index is 12.5. The summed E-state index contributed by atoms with van der Waals surface area (Å²) in [6.45, 7) is 2.28. The van der Waals surface area contributed by atoms with Gasteiger partial charge in [-0.25, -0.2) is 8.42 Å². The van der Waals surface area contributed by atoms with Gasteiger partial charge in [0.2, 0.25) is 0 Å². The Labute approximate surface area is 122 Å². The molecule has 0 aliphatic carbocycles. The molecule has 6 nitrogen and oxygen atoms in total. The Kier molecular flexibility index (Phi) is 6.01. The lowest BCUT2D eigenvalue weighted by Gasteiger charge is -2.29. The summed E-state index contributed by atoms with van der Waals surface area (Å²) < 4.78 is 50.4. The van der Waals surface area contributed by atoms with Gasteiger partial charge in [0.05, 0.1) is 18.1 Å². The van der Waals surface area contributed by atoms with Crippen molar-refractivity contribution in [3.63, 3.8) is 0 Å². The van der Waals surface area contributed by atoms with Crippen LogP contribution in [0.5, 0.6) is 0 Å². The fourth-order valence-corrected chi connectivity index (χ4v) is 5.50. The molecule has 1 aliphatic rings. The lowest BCUT2D eigenvalue weighted by atomic mass is 10.3. The van der Waals surface area contributed by atoms with Gasteiger partial charge in [-0.2, -0.15) is 17.0 Å². The second-order valence-corrected chi connectivity index (χ2v) is 9.21. The van der Waals surface area contributed by atoms with E-state index in [1.54, 1.807) is 0 Å². The van der Waals surface area contributed by atoms with Crippen LogP contribution in [0.1, 0.15) is 26.2 Å². The molecule has 0 N–H and O–H groups in total. The van der Waals surface area contributed by atoms with Crippen LogP contribution in [0.2, 0.25) is 0 Å². The summed E-state index contributed by atoms with van der Waals surface area (Å²) in [4.78, 5) is 0. The summed E-state index contributed by atoms with van der Waals surface area (Å²) in [5, 5.41) is 0. The first kappa shape index (κ1) is 17.4. The second-order valence-electron chi connectivity index (χ2n) is 4.99. The minimum atomic E-state index is -3.71. The first-order valence-corrected chi connectivity index (χ1v) is 9.83. The fourth-order valence-electron chi connectivity index (χ4n) is 2.17. The monoisotopic (exact) mass is 322 g/mol. The molecule has 1 heterocycles. The third-order valence-electron chi connectivity index (χ3n) is 3.38. The number of unbranched alkanes of at least 4 members (excludes halogenated alkanes) is 1. The standard InChI is InChI=1S/C12H22N2O4S2/c1-4-6-9-13(3)20(17,18)14(8-5-2)12-7-10-19(15,16)11-12/h2,12H,4,6-11H2,1,3H3. The van der Waals surface area contributed by atoms with E-state index in [1.165, 1.54) is 11.4 Å². The van der Waals surface area contributed by atoms with E-state index in [2.05, 4.69) is 5.92 Å². The summed E-state index contributed by atoms with van der Waals surface area (Å²) in [6.07, 6.45) is 7.18. The topological polar surface area (TPSA) is 74.8 Å². The van der Waals surface area contributed by atoms with Gasteiger partial charge in [-0.3, -0.25) is 0 Å². The van der Waals surface area contributed by atoms with Crippen molar-refractivity contribution in [2.75, 3.05) is 31.6 Å². The van der Waals surface area contributed by atoms with Gasteiger partial charge in [-0.05, 0) is 12.8 Å². The van der Waals surface area contributed by atoms with Crippen molar-refractivity contribution in [2.45, 2.75) is 32.2 Å². The number of hydrogen-bond acceptors (Lipinski definition) is 4. The summed E-state index contributed by atoms with van der Waals surface area (Å²) >= 11 is 0. The van der Waals surface area contributed by atoms with Gasteiger partial charge in [0.1, 0.15) is 0 Å². The van der Waals surface area contributed by atoms with Crippen molar-refractivity contribution in [1.29, 1.82) is 0 Å². The van der Waals surface area contributed by atoms with Gasteiger partial charge in [0, 0.05) is 19.6 Å². The predicted molar refractivity (Wildman–Crippen MR) is 79.1 cm³/mol. The van der Waals surface area contributed by atoms with Crippen LogP contribution in [-0.2, 0) is 20.0 Å². The first-order valence-electron chi connectivity index (χ1n) is 6.61. The van der Waals surface area contributed by atoms with E-state index in [0.717, 1.165) is 17.1 Å². The zero-order chi connectivity index (χ0) is 15.4. The quantitative estimate of drug-likeness (QED) is 0.622. The van der Waals surface area contributed by atoms with Gasteiger partial charge in [-0.1, -0.05) is 19.3 Å². The number of nitrogens with zero attached hydrogens (tertiary/aromatic N) is 2. The Morgan fingerprint density at radius 3 is 2.50 bits per heavy atom. The highest BCUT2D eigenvalue weighted by molar-refractivity contribution is 7.91. The second kappa shape index (κ2) is 6.89. The Hall–Kier alpha value is -0.620. The molecule has 1 fully saturated rings. The highest BCUT2D eigenvalue weighted by Gasteiger charge is 2.39. The zero-order valence-corrected chi connectivity index (χ0v) is 13.6. The fraction of sp³-hybridized carbons (Fsp3) is 0.833. The molecule has 0 saturated carbocycles. The van der Waals surface area contributed by atoms with Gasteiger partial charge in [0.15, 0.2) is 9.84 Å². The van der Waals surface area contributed by atoms with E-state index < -0.39 is 26.1 Å². The molecular formula is C12H22N2O4S2. The van der Waals surface area contributed by atoms with Crippen LogP contribution >= 0.6 is 0 Å². The van der Waals surface area contributed by atoms with E-state index >= 15 is 0 Å². The molecule has 20 heavy (non-hydrogen) atoms. The Morgan fingerprint density at radius 2 is 2.05 bits per heavy atom. The predicted octanol–water partition coefficient (Wildman–Crippen LogP) is 0.0854. The third-order valence-corrected chi connectivity index (χ3v) is 7.12. The summed E-state index contributed by atoms with van der Waals surface area (Å²) in [7, 11) is -5.37. The average molecular weight is 322 g/mol. The number of hydrogen-bond donors (Lipinski definition) is 0. The molecular weight excluding hydrogens is 300 g/mol. The first-order chi connectivity index (χ1) is 9.24. The molecule has 0 radical (unpaired) electrons. The van der Waals surface area contributed by atoms with Crippen LogP contribution in [-0.4, -0.2) is 63.1 Å². The van der Waals surface area contributed by atoms with Gasteiger partial charge >= 0.3 is 0 Å². The highest BCUT2D eigenvalue weighted by atomic mass is 32.2. The van der Waals surface area contributed by atoms with Crippen molar-refractivity contribution in [3.05, 3.63) is 0 Å². The molecule has 0 aromatic heterocycles. The van der Waals surface area contributed by atoms with E-state index in [0.29, 0.717) is 13.0 Å². The lowest BCUT2D eigenvalue weighted by Crippen LogP contribution is -2.48. The van der Waals surface area contributed by atoms with E-state index in [4.69, 9.17) is 6.42 Å². The Bertz CT molecular complexity index is 563. The number of sulfone groups is 1. The van der Waals surface area contributed by atoms with Crippen molar-refractivity contribution in [1.82, 2.24) is 8.61 Å². The molecule has 1 atom stereocenters. The third kappa shape index (κ3) is 4.19.